The van der Waals surface area contributed by atoms with Crippen LogP contribution >= 0.6 is 0 Å². The van der Waals surface area contributed by atoms with Crippen molar-refractivity contribution in [2.45, 2.75) is 77.8 Å². The number of phenols is 12. The molecule has 0 fully saturated rings. The fourth-order valence-corrected chi connectivity index (χ4v) is 11.1. The lowest BCUT2D eigenvalue weighted by Gasteiger charge is -2.27. The summed E-state index contributed by atoms with van der Waals surface area (Å²) >= 11 is 0. The lowest BCUT2D eigenvalue weighted by molar-refractivity contribution is 0.158. The Morgan fingerprint density at radius 3 is 0.656 bits per heavy atom. The molecule has 24 heteroatoms. The summed E-state index contributed by atoms with van der Waals surface area (Å²) < 4.78 is 45.7. The van der Waals surface area contributed by atoms with E-state index in [-0.39, 0.29) is 76.5 Å². The minimum absolute atomic E-state index is 0.000101. The van der Waals surface area contributed by atoms with E-state index >= 15 is 0 Å². The highest BCUT2D eigenvalue weighted by atomic mass is 16.5. The Balaban J connectivity index is 0.000000271. The molecule has 0 aromatic heterocycles. The number of methoxy groups -OCH3 is 4. The Labute approximate surface area is 554 Å². The topological polar surface area (TPSA) is 398 Å². The van der Waals surface area contributed by atoms with Crippen LogP contribution in [0.5, 0.6) is 115 Å². The summed E-state index contributed by atoms with van der Waals surface area (Å²) in [5.41, 5.74) is 5.45. The van der Waals surface area contributed by atoms with Crippen molar-refractivity contribution in [3.63, 3.8) is 0 Å². The first-order chi connectivity index (χ1) is 46.1. The van der Waals surface area contributed by atoms with E-state index in [1.807, 2.05) is 48.5 Å². The van der Waals surface area contributed by atoms with E-state index in [0.717, 1.165) is 22.3 Å². The number of aliphatic hydroxyl groups is 4. The molecule has 8 aromatic rings. The summed E-state index contributed by atoms with van der Waals surface area (Å²) in [6.45, 7) is -0.147. The Kier molecular flexibility index (Phi) is 26.8. The van der Waals surface area contributed by atoms with Gasteiger partial charge >= 0.3 is 0 Å². The maximum absolute atomic E-state index is 10.5. The average Bonchev–Trinajstić information content (AvgIpc) is 1.01. The van der Waals surface area contributed by atoms with Gasteiger partial charge in [0.05, 0.1) is 28.4 Å². The Morgan fingerprint density at radius 2 is 0.469 bits per heavy atom. The first-order valence-electron chi connectivity index (χ1n) is 30.7. The molecule has 0 unspecified atom stereocenters. The lowest BCUT2D eigenvalue weighted by atomic mass is 9.80. The first-order valence-corrected chi connectivity index (χ1v) is 30.7. The SMILES string of the molecule is COc1cc(C[C@@H](CO)[C@H](CCCO)Cc2ccc(OCc3cc(O)c(O)c(O)c3)c(OC)c2)ccc1OCc1cc(O)c(O)c(O)c1.COc1cc(C[C@H](CO)[C@@H](CCCO)Cc2ccc(OCc3cc(O)c(O)c(O)c3)c(OC)c2)ccc1OCc1cc(O)c(O)c(O)c1. The molecule has 0 aliphatic rings. The van der Waals surface area contributed by atoms with Crippen molar-refractivity contribution in [3.05, 3.63) is 166 Å². The summed E-state index contributed by atoms with van der Waals surface area (Å²) in [7, 11) is 6.06. The maximum Gasteiger partial charge on any atom is 0.200 e. The van der Waals surface area contributed by atoms with Gasteiger partial charge in [-0.1, -0.05) is 24.3 Å². The highest BCUT2D eigenvalue weighted by Crippen LogP contribution is 2.42. The van der Waals surface area contributed by atoms with E-state index in [1.165, 1.54) is 77.0 Å². The number of phenolic OH excluding ortho intramolecular Hbond substituents is 12. The normalized spacial score (nSPS) is 12.3. The van der Waals surface area contributed by atoms with Crippen LogP contribution < -0.4 is 37.9 Å². The molecule has 516 valence electrons. The average molecular weight is 1330 g/mol. The van der Waals surface area contributed by atoms with Crippen LogP contribution in [0.2, 0.25) is 0 Å². The molecule has 0 radical (unpaired) electrons. The predicted octanol–water partition coefficient (Wildman–Crippen LogP) is 9.76. The van der Waals surface area contributed by atoms with Gasteiger partial charge in [-0.2, -0.15) is 0 Å². The number of aliphatic hydroxyl groups excluding tert-OH is 4. The van der Waals surface area contributed by atoms with Gasteiger partial charge in [-0.05, 0) is 217 Å². The lowest BCUT2D eigenvalue weighted by Crippen LogP contribution is -2.23. The monoisotopic (exact) mass is 1330 g/mol. The van der Waals surface area contributed by atoms with Gasteiger partial charge in [0.1, 0.15) is 26.4 Å². The first kappa shape index (κ1) is 73.0. The molecule has 0 aliphatic carbocycles. The molecule has 8 aromatic carbocycles. The molecule has 0 bridgehead atoms. The smallest absolute Gasteiger partial charge is 0.200 e. The van der Waals surface area contributed by atoms with Crippen LogP contribution in [0.1, 0.15) is 70.2 Å². The number of hydrogen-bond acceptors (Lipinski definition) is 24. The molecule has 0 saturated heterocycles. The molecule has 0 spiro atoms. The van der Waals surface area contributed by atoms with Crippen LogP contribution in [-0.4, -0.2) is 137 Å². The van der Waals surface area contributed by atoms with E-state index < -0.39 is 69.0 Å². The van der Waals surface area contributed by atoms with Gasteiger partial charge in [0.15, 0.2) is 115 Å². The van der Waals surface area contributed by atoms with Gasteiger partial charge in [0.25, 0.3) is 0 Å². The van der Waals surface area contributed by atoms with Crippen molar-refractivity contribution in [2.75, 3.05) is 54.9 Å². The summed E-state index contributed by atoms with van der Waals surface area (Å²) in [4.78, 5) is 0. The number of hydrogen-bond donors (Lipinski definition) is 16. The van der Waals surface area contributed by atoms with Gasteiger partial charge in [0, 0.05) is 26.4 Å². The maximum atomic E-state index is 10.5. The van der Waals surface area contributed by atoms with E-state index in [1.54, 1.807) is 24.3 Å². The fraction of sp³-hybridized carbons (Fsp3) is 0.333. The van der Waals surface area contributed by atoms with Crippen LogP contribution in [-0.2, 0) is 52.1 Å². The molecule has 0 amide bonds. The van der Waals surface area contributed by atoms with Gasteiger partial charge in [-0.3, -0.25) is 0 Å². The van der Waals surface area contributed by atoms with Crippen molar-refractivity contribution in [1.82, 2.24) is 0 Å². The van der Waals surface area contributed by atoms with Crippen molar-refractivity contribution < 1.29 is 120 Å². The quantitative estimate of drug-likeness (QED) is 0.0167. The van der Waals surface area contributed by atoms with Crippen molar-refractivity contribution >= 4 is 0 Å². The number of rotatable bonds is 34. The minimum atomic E-state index is -0.603. The summed E-state index contributed by atoms with van der Waals surface area (Å²) in [6.07, 6.45) is 4.68. The molecule has 4 atom stereocenters. The highest BCUT2D eigenvalue weighted by Gasteiger charge is 2.26. The van der Waals surface area contributed by atoms with Crippen LogP contribution in [0.15, 0.2) is 121 Å². The van der Waals surface area contributed by atoms with Gasteiger partial charge in [-0.25, -0.2) is 0 Å². The Bertz CT molecular complexity index is 3500. The van der Waals surface area contributed by atoms with Crippen molar-refractivity contribution in [3.8, 4) is 115 Å². The van der Waals surface area contributed by atoms with E-state index in [0.29, 0.717) is 120 Å². The third-order valence-corrected chi connectivity index (χ3v) is 16.3. The van der Waals surface area contributed by atoms with Crippen LogP contribution in [0.4, 0.5) is 0 Å². The summed E-state index contributed by atoms with van der Waals surface area (Å²) in [5, 5.41) is 157. The van der Waals surface area contributed by atoms with Crippen LogP contribution in [0.3, 0.4) is 0 Å². The molecule has 0 heterocycles. The van der Waals surface area contributed by atoms with Gasteiger partial charge in [-0.15, -0.1) is 0 Å². The molecule has 8 rings (SSSR count). The third kappa shape index (κ3) is 19.8. The molecule has 0 aliphatic heterocycles. The van der Waals surface area contributed by atoms with Crippen molar-refractivity contribution in [1.29, 1.82) is 0 Å². The highest BCUT2D eigenvalue weighted by molar-refractivity contribution is 5.55. The third-order valence-electron chi connectivity index (χ3n) is 16.3. The molecule has 16 N–H and O–H groups in total. The fourth-order valence-electron chi connectivity index (χ4n) is 11.1. The van der Waals surface area contributed by atoms with Gasteiger partial charge < -0.3 is 120 Å². The standard InChI is InChI=1S/2C36H42O12/c2*1-45-33-16-21(5-7-31(33)47-19-23-12-27(39)35(43)28(40)13-23)10-25(4-3-9-37)26(18-38)11-22-6-8-32(34(17-22)46-2)48-20-24-14-29(41)36(44)30(42)15-24/h2*5-8,12-17,25-26,37-44H,3-4,9-11,18-20H2,1-2H3/t2*25-,26+/m10/s1. The largest absolute Gasteiger partial charge is 0.504 e. The zero-order valence-corrected chi connectivity index (χ0v) is 53.6. The molecular weight excluding hydrogens is 1250 g/mol. The van der Waals surface area contributed by atoms with Crippen LogP contribution in [0.25, 0.3) is 0 Å². The van der Waals surface area contributed by atoms with Crippen molar-refractivity contribution in [2.24, 2.45) is 23.7 Å². The van der Waals surface area contributed by atoms with Crippen LogP contribution in [0, 0.1) is 23.7 Å². The zero-order chi connectivity index (χ0) is 69.6. The molecule has 24 nitrogen and oxygen atoms in total. The Hall–Kier alpha value is -10.4. The second kappa shape index (κ2) is 35.2. The predicted molar refractivity (Wildman–Crippen MR) is 351 cm³/mol. The summed E-state index contributed by atoms with van der Waals surface area (Å²) in [6, 6.07) is 32.3. The van der Waals surface area contributed by atoms with E-state index in [2.05, 4.69) is 0 Å². The molecular formula is C72H84O24. The summed E-state index contributed by atoms with van der Waals surface area (Å²) in [5.74, 6) is -2.81. The second-order valence-electron chi connectivity index (χ2n) is 23.0. The van der Waals surface area contributed by atoms with Gasteiger partial charge in [0.2, 0.25) is 0 Å². The number of ether oxygens (including phenoxy) is 8. The molecule has 96 heavy (non-hydrogen) atoms. The van der Waals surface area contributed by atoms with E-state index in [4.69, 9.17) is 37.9 Å². The minimum Gasteiger partial charge on any atom is -0.504 e. The Morgan fingerprint density at radius 1 is 0.260 bits per heavy atom. The van der Waals surface area contributed by atoms with E-state index in [9.17, 15) is 81.7 Å². The molecule has 0 saturated carbocycles. The second-order valence-corrected chi connectivity index (χ2v) is 23.0. The number of aromatic hydroxyl groups is 12. The zero-order valence-electron chi connectivity index (χ0n) is 53.6. The number of benzene rings is 8.